The minimum atomic E-state index is 0.503. The van der Waals surface area contributed by atoms with Crippen LogP contribution in [-0.4, -0.2) is 32.5 Å². The third-order valence-electron chi connectivity index (χ3n) is 3.64. The first kappa shape index (κ1) is 20.1. The number of rotatable bonds is 8. The molecule has 0 heterocycles. The lowest BCUT2D eigenvalue weighted by Gasteiger charge is -2.14. The summed E-state index contributed by atoms with van der Waals surface area (Å²) in [6.45, 7) is 3.22. The molecule has 0 bridgehead atoms. The molecule has 7 heteroatoms. The van der Waals surface area contributed by atoms with E-state index in [1.165, 1.54) is 0 Å². The molecule has 2 rings (SSSR count). The van der Waals surface area contributed by atoms with Crippen molar-refractivity contribution in [2.24, 2.45) is 0 Å². The summed E-state index contributed by atoms with van der Waals surface area (Å²) in [6.07, 6.45) is 0.789. The molecule has 0 saturated heterocycles. The van der Waals surface area contributed by atoms with Gasteiger partial charge in [-0.25, -0.2) is 0 Å². The van der Waals surface area contributed by atoms with Gasteiger partial charge in [-0.1, -0.05) is 17.7 Å². The maximum Gasteiger partial charge on any atom is 0.170 e. The van der Waals surface area contributed by atoms with Crippen LogP contribution in [0, 0.1) is 0 Å². The molecule has 0 radical (unpaired) electrons. The zero-order chi connectivity index (χ0) is 18.9. The van der Waals surface area contributed by atoms with Gasteiger partial charge in [0.05, 0.1) is 26.5 Å². The Morgan fingerprint density at radius 1 is 1.04 bits per heavy atom. The van der Waals surface area contributed by atoms with Gasteiger partial charge in [0.25, 0.3) is 0 Å². The highest BCUT2D eigenvalue weighted by molar-refractivity contribution is 7.80. The van der Waals surface area contributed by atoms with Gasteiger partial charge in [0.15, 0.2) is 16.6 Å². The molecular weight excluding hydrogens is 372 g/mol. The third kappa shape index (κ3) is 5.68. The van der Waals surface area contributed by atoms with Gasteiger partial charge in [-0.3, -0.25) is 0 Å². The normalized spacial score (nSPS) is 10.2. The van der Waals surface area contributed by atoms with E-state index in [1.54, 1.807) is 32.4 Å². The second-order valence-corrected chi connectivity index (χ2v) is 6.24. The number of halogens is 1. The highest BCUT2D eigenvalue weighted by Gasteiger charge is 2.07. The number of thiocarbonyl (C=S) groups is 1. The van der Waals surface area contributed by atoms with Crippen LogP contribution >= 0.6 is 23.8 Å². The number of benzene rings is 2. The Bertz CT molecular complexity index is 756. The fraction of sp³-hybridized carbons (Fsp3) is 0.316. The molecule has 0 aliphatic heterocycles. The number of nitrogens with one attached hydrogen (secondary N) is 2. The first-order valence-electron chi connectivity index (χ1n) is 8.25. The van der Waals surface area contributed by atoms with E-state index in [4.69, 9.17) is 38.0 Å². The molecule has 2 aromatic rings. The van der Waals surface area contributed by atoms with Crippen LogP contribution in [0.2, 0.25) is 5.02 Å². The quantitative estimate of drug-likeness (QED) is 0.651. The van der Waals surface area contributed by atoms with Gasteiger partial charge in [0.1, 0.15) is 5.75 Å². The summed E-state index contributed by atoms with van der Waals surface area (Å²) < 4.78 is 16.2. The van der Waals surface area contributed by atoms with E-state index < -0.39 is 0 Å². The molecule has 0 saturated carbocycles. The number of ether oxygens (including phenoxy) is 3. The standard InChI is InChI=1S/C19H23ClN2O3S/c1-4-25-17-7-5-13(11-18(17)24-3)9-10-21-19(26)22-15-12-14(20)6-8-16(15)23-2/h5-8,11-12H,4,9-10H2,1-3H3,(H2,21,22,26). The van der Waals surface area contributed by atoms with Crippen LogP contribution in [-0.2, 0) is 6.42 Å². The summed E-state index contributed by atoms with van der Waals surface area (Å²) in [5, 5.41) is 7.39. The molecule has 5 nitrogen and oxygen atoms in total. The second-order valence-electron chi connectivity index (χ2n) is 5.39. The lowest BCUT2D eigenvalue weighted by atomic mass is 10.1. The molecule has 0 spiro atoms. The maximum atomic E-state index is 6.02. The van der Waals surface area contributed by atoms with Crippen LogP contribution in [0.5, 0.6) is 17.2 Å². The van der Waals surface area contributed by atoms with Gasteiger partial charge in [0, 0.05) is 11.6 Å². The smallest absolute Gasteiger partial charge is 0.170 e. The van der Waals surface area contributed by atoms with Crippen LogP contribution < -0.4 is 24.8 Å². The fourth-order valence-electron chi connectivity index (χ4n) is 2.41. The molecule has 0 aromatic heterocycles. The largest absolute Gasteiger partial charge is 0.495 e. The van der Waals surface area contributed by atoms with E-state index in [-0.39, 0.29) is 0 Å². The first-order chi connectivity index (χ1) is 12.6. The van der Waals surface area contributed by atoms with Gasteiger partial charge in [-0.15, -0.1) is 0 Å². The zero-order valence-corrected chi connectivity index (χ0v) is 16.7. The molecule has 0 fully saturated rings. The van der Waals surface area contributed by atoms with Crippen molar-refractivity contribution in [3.05, 3.63) is 47.0 Å². The number of hydrogen-bond donors (Lipinski definition) is 2. The summed E-state index contributed by atoms with van der Waals surface area (Å²) in [4.78, 5) is 0. The Morgan fingerprint density at radius 2 is 1.77 bits per heavy atom. The van der Waals surface area contributed by atoms with E-state index >= 15 is 0 Å². The Kier molecular flexibility index (Phi) is 7.81. The number of hydrogen-bond acceptors (Lipinski definition) is 4. The van der Waals surface area contributed by atoms with E-state index in [0.717, 1.165) is 29.2 Å². The van der Waals surface area contributed by atoms with Gasteiger partial charge in [0.2, 0.25) is 0 Å². The minimum absolute atomic E-state index is 0.503. The monoisotopic (exact) mass is 394 g/mol. The minimum Gasteiger partial charge on any atom is -0.495 e. The van der Waals surface area contributed by atoms with Crippen LogP contribution in [0.3, 0.4) is 0 Å². The summed E-state index contributed by atoms with van der Waals surface area (Å²) in [5.41, 5.74) is 1.85. The lowest BCUT2D eigenvalue weighted by Crippen LogP contribution is -2.30. The van der Waals surface area contributed by atoms with Crippen molar-refractivity contribution in [3.8, 4) is 17.2 Å². The predicted octanol–water partition coefficient (Wildman–Crippen LogP) is 4.29. The van der Waals surface area contributed by atoms with E-state index in [2.05, 4.69) is 10.6 Å². The molecule has 0 unspecified atom stereocenters. The molecule has 0 amide bonds. The number of methoxy groups -OCH3 is 2. The van der Waals surface area contributed by atoms with Crippen molar-refractivity contribution in [3.63, 3.8) is 0 Å². The summed E-state index contributed by atoms with van der Waals surface area (Å²) in [7, 11) is 3.24. The van der Waals surface area contributed by atoms with Gasteiger partial charge in [-0.2, -0.15) is 0 Å². The third-order valence-corrected chi connectivity index (χ3v) is 4.12. The maximum absolute atomic E-state index is 6.02. The lowest BCUT2D eigenvalue weighted by molar-refractivity contribution is 0.310. The molecule has 0 aliphatic carbocycles. The van der Waals surface area contributed by atoms with Gasteiger partial charge < -0.3 is 24.8 Å². The topological polar surface area (TPSA) is 51.8 Å². The van der Waals surface area contributed by atoms with Crippen molar-refractivity contribution in [2.45, 2.75) is 13.3 Å². The SMILES string of the molecule is CCOc1ccc(CCNC(=S)Nc2cc(Cl)ccc2OC)cc1OC. The van der Waals surface area contributed by atoms with Crippen molar-refractivity contribution in [1.29, 1.82) is 0 Å². The molecule has 0 aliphatic rings. The summed E-state index contributed by atoms with van der Waals surface area (Å²) >= 11 is 11.4. The Hall–Kier alpha value is -2.18. The predicted molar refractivity (Wildman–Crippen MR) is 110 cm³/mol. The Labute approximate surface area is 164 Å². The molecule has 2 N–H and O–H groups in total. The molecular formula is C19H23ClN2O3S. The van der Waals surface area contributed by atoms with E-state index in [9.17, 15) is 0 Å². The first-order valence-corrected chi connectivity index (χ1v) is 9.04. The second kappa shape index (κ2) is 10.1. The van der Waals surface area contributed by atoms with E-state index in [0.29, 0.717) is 29.0 Å². The molecule has 2 aromatic carbocycles. The Morgan fingerprint density at radius 3 is 2.46 bits per heavy atom. The Balaban J connectivity index is 1.89. The average Bonchev–Trinajstić information content (AvgIpc) is 2.63. The van der Waals surface area contributed by atoms with Crippen LogP contribution in [0.15, 0.2) is 36.4 Å². The summed E-state index contributed by atoms with van der Waals surface area (Å²) in [5.74, 6) is 2.15. The van der Waals surface area contributed by atoms with Crippen molar-refractivity contribution in [2.75, 3.05) is 32.7 Å². The number of anilines is 1. The van der Waals surface area contributed by atoms with Crippen molar-refractivity contribution < 1.29 is 14.2 Å². The van der Waals surface area contributed by atoms with Gasteiger partial charge >= 0.3 is 0 Å². The highest BCUT2D eigenvalue weighted by atomic mass is 35.5. The molecule has 140 valence electrons. The zero-order valence-electron chi connectivity index (χ0n) is 15.1. The molecule has 26 heavy (non-hydrogen) atoms. The fourth-order valence-corrected chi connectivity index (χ4v) is 2.79. The van der Waals surface area contributed by atoms with E-state index in [1.807, 2.05) is 25.1 Å². The molecule has 0 atom stereocenters. The van der Waals surface area contributed by atoms with Crippen molar-refractivity contribution >= 4 is 34.6 Å². The van der Waals surface area contributed by atoms with Gasteiger partial charge in [-0.05, 0) is 61.5 Å². The van der Waals surface area contributed by atoms with Crippen molar-refractivity contribution in [1.82, 2.24) is 5.32 Å². The van der Waals surface area contributed by atoms with Crippen LogP contribution in [0.25, 0.3) is 0 Å². The van der Waals surface area contributed by atoms with Crippen LogP contribution in [0.4, 0.5) is 5.69 Å². The highest BCUT2D eigenvalue weighted by Crippen LogP contribution is 2.28. The average molecular weight is 395 g/mol. The van der Waals surface area contributed by atoms with Crippen LogP contribution in [0.1, 0.15) is 12.5 Å². The summed E-state index contributed by atoms with van der Waals surface area (Å²) in [6, 6.07) is 11.2.